The molecule has 8 heteroatoms. The third-order valence-corrected chi connectivity index (χ3v) is 15.8. The molecule has 0 radical (unpaired) electrons. The van der Waals surface area contributed by atoms with E-state index in [1.807, 2.05) is 0 Å². The number of carboxylic acid groups (broad SMARTS) is 1. The van der Waals surface area contributed by atoms with E-state index in [-0.39, 0.29) is 33.4 Å². The van der Waals surface area contributed by atoms with Crippen molar-refractivity contribution in [3.63, 3.8) is 0 Å². The van der Waals surface area contributed by atoms with Crippen LogP contribution in [0, 0.1) is 11.3 Å². The Labute approximate surface area is 354 Å². The highest BCUT2D eigenvalue weighted by Crippen LogP contribution is 2.68. The Morgan fingerprint density at radius 2 is 0.948 bits per heavy atom. The van der Waals surface area contributed by atoms with Gasteiger partial charge in [-0.05, 0) is 122 Å². The largest absolute Gasteiger partial charge is 0.497 e. The SMILES string of the molecule is CCCC1(CCCCCCOC(=C(C)C(=O)O)C23CC4CC(OCCCCCCC5(CCC)CCO5)(CC(OCCCCCCC5(CCC)CCO5)(C4)C2)C3)CCO1. The number of hydrogen-bond donors (Lipinski definition) is 1. The molecule has 7 fully saturated rings. The van der Waals surface area contributed by atoms with E-state index in [0.717, 1.165) is 116 Å². The fraction of sp³-hybridized carbons (Fsp3) is 0.940. The van der Waals surface area contributed by atoms with Crippen LogP contribution in [0.25, 0.3) is 0 Å². The van der Waals surface area contributed by atoms with Crippen molar-refractivity contribution in [2.75, 3.05) is 39.6 Å². The van der Waals surface area contributed by atoms with Gasteiger partial charge in [0, 0.05) is 25.0 Å². The van der Waals surface area contributed by atoms with Crippen molar-refractivity contribution in [3.8, 4) is 0 Å². The van der Waals surface area contributed by atoms with E-state index >= 15 is 0 Å². The zero-order valence-corrected chi connectivity index (χ0v) is 37.8. The predicted octanol–water partition coefficient (Wildman–Crippen LogP) is 12.6. The maximum Gasteiger partial charge on any atom is 0.334 e. The van der Waals surface area contributed by atoms with Crippen LogP contribution in [0.2, 0.25) is 0 Å². The van der Waals surface area contributed by atoms with Crippen LogP contribution >= 0.6 is 0 Å². The third-order valence-electron chi connectivity index (χ3n) is 15.8. The Hall–Kier alpha value is -1.19. The lowest BCUT2D eigenvalue weighted by Crippen LogP contribution is -2.65. The average Bonchev–Trinajstić information content (AvgIpc) is 3.14. The third kappa shape index (κ3) is 11.6. The first kappa shape index (κ1) is 46.3. The summed E-state index contributed by atoms with van der Waals surface area (Å²) in [5, 5.41) is 10.5. The van der Waals surface area contributed by atoms with Crippen molar-refractivity contribution in [2.24, 2.45) is 11.3 Å². The molecule has 4 aliphatic carbocycles. The average molecular weight is 815 g/mol. The van der Waals surface area contributed by atoms with Crippen LogP contribution in [-0.4, -0.2) is 78.7 Å². The van der Waals surface area contributed by atoms with Crippen molar-refractivity contribution in [1.29, 1.82) is 0 Å². The number of rotatable bonds is 32. The van der Waals surface area contributed by atoms with Crippen LogP contribution < -0.4 is 0 Å². The van der Waals surface area contributed by atoms with Crippen molar-refractivity contribution in [1.82, 2.24) is 0 Å². The second-order valence-corrected chi connectivity index (χ2v) is 20.5. The molecule has 5 unspecified atom stereocenters. The number of carboxylic acids is 1. The van der Waals surface area contributed by atoms with Gasteiger partial charge in [0.25, 0.3) is 0 Å². The van der Waals surface area contributed by atoms with Gasteiger partial charge in [-0.15, -0.1) is 0 Å². The minimum Gasteiger partial charge on any atom is -0.497 e. The fourth-order valence-corrected chi connectivity index (χ4v) is 13.2. The lowest BCUT2D eigenvalue weighted by Gasteiger charge is -2.66. The topological polar surface area (TPSA) is 92.7 Å². The summed E-state index contributed by atoms with van der Waals surface area (Å²) in [5.41, 5.74) is -0.0803. The Kier molecular flexibility index (Phi) is 17.0. The van der Waals surface area contributed by atoms with Gasteiger partial charge in [0.1, 0.15) is 5.76 Å². The highest BCUT2D eigenvalue weighted by atomic mass is 16.5. The monoisotopic (exact) mass is 815 g/mol. The zero-order chi connectivity index (χ0) is 41.0. The van der Waals surface area contributed by atoms with Crippen LogP contribution in [0.4, 0.5) is 0 Å². The van der Waals surface area contributed by atoms with Gasteiger partial charge in [-0.25, -0.2) is 4.79 Å². The highest BCUT2D eigenvalue weighted by molar-refractivity contribution is 5.86. The molecule has 3 saturated heterocycles. The van der Waals surface area contributed by atoms with Gasteiger partial charge in [-0.2, -0.15) is 0 Å². The van der Waals surface area contributed by atoms with Gasteiger partial charge in [0.2, 0.25) is 0 Å². The molecule has 1 N–H and O–H groups in total. The van der Waals surface area contributed by atoms with Gasteiger partial charge in [0.15, 0.2) is 0 Å². The van der Waals surface area contributed by atoms with E-state index in [0.29, 0.717) is 18.1 Å². The normalized spacial score (nSPS) is 35.3. The lowest BCUT2D eigenvalue weighted by atomic mass is 9.45. The van der Waals surface area contributed by atoms with Crippen LogP contribution in [0.15, 0.2) is 11.3 Å². The van der Waals surface area contributed by atoms with Crippen LogP contribution in [0.3, 0.4) is 0 Å². The number of aliphatic carboxylic acids is 1. The second kappa shape index (κ2) is 21.3. The zero-order valence-electron chi connectivity index (χ0n) is 37.8. The molecule has 4 bridgehead atoms. The van der Waals surface area contributed by atoms with E-state index in [4.69, 9.17) is 28.4 Å². The summed E-state index contributed by atoms with van der Waals surface area (Å²) in [6.45, 7) is 13.5. The summed E-state index contributed by atoms with van der Waals surface area (Å²) in [7, 11) is 0. The molecule has 334 valence electrons. The van der Waals surface area contributed by atoms with Crippen molar-refractivity contribution < 1.29 is 38.3 Å². The maximum absolute atomic E-state index is 12.8. The molecule has 0 aromatic carbocycles. The van der Waals surface area contributed by atoms with Crippen molar-refractivity contribution in [2.45, 2.75) is 248 Å². The van der Waals surface area contributed by atoms with E-state index < -0.39 is 5.97 Å². The molecule has 8 nitrogen and oxygen atoms in total. The molecular formula is C50H86O8. The number of hydrogen-bond acceptors (Lipinski definition) is 7. The molecule has 7 rings (SSSR count). The van der Waals surface area contributed by atoms with Crippen molar-refractivity contribution >= 4 is 5.97 Å². The summed E-state index contributed by atoms with van der Waals surface area (Å²) < 4.78 is 39.1. The summed E-state index contributed by atoms with van der Waals surface area (Å²) >= 11 is 0. The van der Waals surface area contributed by atoms with Gasteiger partial charge >= 0.3 is 5.97 Å². The van der Waals surface area contributed by atoms with Gasteiger partial charge in [-0.1, -0.05) is 97.8 Å². The molecule has 3 aliphatic heterocycles. The fourth-order valence-electron chi connectivity index (χ4n) is 13.2. The van der Waals surface area contributed by atoms with Crippen molar-refractivity contribution in [3.05, 3.63) is 11.3 Å². The van der Waals surface area contributed by atoms with Crippen LogP contribution in [0.1, 0.15) is 220 Å². The summed E-state index contributed by atoms with van der Waals surface area (Å²) in [6.07, 6.45) is 33.8. The Morgan fingerprint density at radius 3 is 1.31 bits per heavy atom. The van der Waals surface area contributed by atoms with Crippen LogP contribution in [0.5, 0.6) is 0 Å². The highest BCUT2D eigenvalue weighted by Gasteiger charge is 2.66. The lowest BCUT2D eigenvalue weighted by molar-refractivity contribution is -0.261. The van der Waals surface area contributed by atoms with Gasteiger partial charge < -0.3 is 33.5 Å². The summed E-state index contributed by atoms with van der Waals surface area (Å²) in [5.74, 6) is 0.321. The van der Waals surface area contributed by atoms with E-state index in [1.54, 1.807) is 6.92 Å². The molecule has 0 amide bonds. The molecule has 0 aromatic rings. The molecule has 0 spiro atoms. The number of carbonyl (C=O) groups is 1. The molecule has 58 heavy (non-hydrogen) atoms. The van der Waals surface area contributed by atoms with Crippen LogP contribution in [-0.2, 0) is 33.2 Å². The first-order valence-electron chi connectivity index (χ1n) is 24.8. The first-order valence-corrected chi connectivity index (χ1v) is 24.8. The molecule has 3 heterocycles. The molecular weight excluding hydrogens is 729 g/mol. The Balaban J connectivity index is 1.05. The minimum absolute atomic E-state index is 0.138. The first-order chi connectivity index (χ1) is 28.1. The molecule has 4 saturated carbocycles. The smallest absolute Gasteiger partial charge is 0.334 e. The van der Waals surface area contributed by atoms with E-state index in [1.165, 1.54) is 116 Å². The number of ether oxygens (including phenoxy) is 6. The Bertz CT molecular complexity index is 1240. The standard InChI is InChI=1S/C50H86O8/c1-5-20-46(26-32-56-46)23-14-8-11-17-29-53-43(41(4)44(51)52)45-35-42-36-49(38-45,54-30-18-12-9-15-24-47(21-6-2)27-33-57-47)40-50(37-42,39-45)55-31-19-13-10-16-25-48(22-7-3)28-34-58-48/h42H,5-40H2,1-4H3,(H,51,52). The maximum atomic E-state index is 12.8. The summed E-state index contributed by atoms with van der Waals surface area (Å²) in [4.78, 5) is 12.8. The summed E-state index contributed by atoms with van der Waals surface area (Å²) in [6, 6.07) is 0. The molecule has 7 aliphatic rings. The van der Waals surface area contributed by atoms with E-state index in [9.17, 15) is 9.90 Å². The second-order valence-electron chi connectivity index (χ2n) is 20.5. The van der Waals surface area contributed by atoms with Gasteiger partial charge in [-0.3, -0.25) is 0 Å². The quantitative estimate of drug-likeness (QED) is 0.0408. The predicted molar refractivity (Wildman–Crippen MR) is 231 cm³/mol. The minimum atomic E-state index is -0.863. The molecule has 5 atom stereocenters. The number of allylic oxidation sites excluding steroid dienone is 1. The number of unbranched alkanes of at least 4 members (excludes halogenated alkanes) is 9. The van der Waals surface area contributed by atoms with E-state index in [2.05, 4.69) is 20.8 Å². The van der Waals surface area contributed by atoms with Gasteiger partial charge in [0.05, 0.1) is 60.0 Å². The molecule has 0 aromatic heterocycles. The Morgan fingerprint density at radius 1 is 0.552 bits per heavy atom.